The van der Waals surface area contributed by atoms with Crippen LogP contribution in [0.5, 0.6) is 57.5 Å². The smallest absolute Gasteiger partial charge is 0.202 e. The first kappa shape index (κ1) is 28.3. The predicted molar refractivity (Wildman–Crippen MR) is 145 cm³/mol. The molecule has 0 bridgehead atoms. The van der Waals surface area contributed by atoms with E-state index in [0.29, 0.717) is 0 Å². The molecule has 4 atom stereocenters. The van der Waals surface area contributed by atoms with Crippen molar-refractivity contribution in [3.05, 3.63) is 70.8 Å². The van der Waals surface area contributed by atoms with Crippen LogP contribution in [0.4, 0.5) is 0 Å². The predicted octanol–water partition coefficient (Wildman–Crippen LogP) is 2.35. The van der Waals surface area contributed by atoms with Crippen LogP contribution in [-0.4, -0.2) is 74.8 Å². The van der Waals surface area contributed by atoms with Crippen molar-refractivity contribution in [3.63, 3.8) is 0 Å². The van der Waals surface area contributed by atoms with Crippen LogP contribution in [0.25, 0.3) is 11.1 Å². The number of hydrogen-bond acceptors (Lipinski definition) is 14. The number of aliphatic hydroxyl groups is 2. The van der Waals surface area contributed by atoms with E-state index in [1.54, 1.807) is 0 Å². The summed E-state index contributed by atoms with van der Waals surface area (Å²) < 4.78 is 11.3. The number of ketones is 2. The average Bonchev–Trinajstić information content (AvgIpc) is 2.94. The normalized spacial score (nSPS) is 20.8. The lowest BCUT2D eigenvalue weighted by molar-refractivity contribution is 0.0207. The summed E-state index contributed by atoms with van der Waals surface area (Å²) in [6.45, 7) is 0. The summed E-state index contributed by atoms with van der Waals surface area (Å²) in [6, 6.07) is 7.93. The summed E-state index contributed by atoms with van der Waals surface area (Å²) >= 11 is 0. The maximum Gasteiger partial charge on any atom is 0.202 e. The number of Topliss-reactive ketones (excluding diaryl/α,β-unsaturated/α-hetero) is 2. The first-order chi connectivity index (χ1) is 20.8. The number of phenols is 8. The summed E-state index contributed by atoms with van der Waals surface area (Å²) in [7, 11) is 0. The number of fused-ring (bicyclic) bond motifs is 2. The molecule has 0 aliphatic carbocycles. The van der Waals surface area contributed by atoms with Crippen LogP contribution < -0.4 is 9.47 Å². The van der Waals surface area contributed by atoms with Crippen molar-refractivity contribution in [1.29, 1.82) is 0 Å². The minimum atomic E-state index is -1.94. The molecule has 0 radical (unpaired) electrons. The van der Waals surface area contributed by atoms with Gasteiger partial charge in [-0.15, -0.1) is 0 Å². The molecule has 226 valence electrons. The molecule has 0 saturated heterocycles. The number of aromatic hydroxyl groups is 8. The number of carbonyl (C=O) groups excluding carboxylic acids is 2. The Hall–Kier alpha value is -5.86. The van der Waals surface area contributed by atoms with Crippen molar-refractivity contribution in [3.8, 4) is 68.6 Å². The Balaban J connectivity index is 1.45. The Kier molecular flexibility index (Phi) is 6.33. The minimum Gasteiger partial charge on any atom is -0.508 e. The lowest BCUT2D eigenvalue weighted by Crippen LogP contribution is -2.36. The number of aliphatic hydroxyl groups excluding tert-OH is 2. The second kappa shape index (κ2) is 9.86. The van der Waals surface area contributed by atoms with E-state index in [0.717, 1.165) is 48.5 Å². The summed E-state index contributed by atoms with van der Waals surface area (Å²) in [5.74, 6) is -7.98. The minimum absolute atomic E-state index is 0.127. The summed E-state index contributed by atoms with van der Waals surface area (Å²) in [4.78, 5) is 25.8. The van der Waals surface area contributed by atoms with Crippen molar-refractivity contribution in [1.82, 2.24) is 0 Å². The monoisotopic (exact) mass is 606 g/mol. The standard InChI is InChI=1S/C30H22O14/c31-11-5-15(33)21-19(7-11)43-29(27(41)25(21)39)9-1-13(23(37)17(35)3-9)14-2-10(4-18(36)24(14)38)30-28(42)26(40)22-16(34)6-12(32)8-20(22)44-30/h1-8,27-38,41-42H/t27-,28-,29+,30+/m0/s1. The van der Waals surface area contributed by atoms with Gasteiger partial charge in [-0.05, 0) is 35.4 Å². The Morgan fingerprint density at radius 3 is 1.20 bits per heavy atom. The van der Waals surface area contributed by atoms with Gasteiger partial charge in [0.2, 0.25) is 11.6 Å². The highest BCUT2D eigenvalue weighted by atomic mass is 16.5. The third-order valence-electron chi connectivity index (χ3n) is 7.42. The largest absolute Gasteiger partial charge is 0.508 e. The summed E-state index contributed by atoms with van der Waals surface area (Å²) in [6.07, 6.45) is -6.99. The highest BCUT2D eigenvalue weighted by molar-refractivity contribution is 6.06. The molecule has 2 aliphatic rings. The maximum absolute atomic E-state index is 12.9. The van der Waals surface area contributed by atoms with Gasteiger partial charge < -0.3 is 60.5 Å². The molecular formula is C30H22O14. The molecule has 10 N–H and O–H groups in total. The van der Waals surface area contributed by atoms with Gasteiger partial charge in [0, 0.05) is 35.4 Å². The molecule has 0 aromatic heterocycles. The number of carbonyl (C=O) groups is 2. The van der Waals surface area contributed by atoms with E-state index in [2.05, 4.69) is 0 Å². The Labute approximate surface area is 245 Å². The number of benzene rings is 4. The Bertz CT molecular complexity index is 1760. The molecule has 44 heavy (non-hydrogen) atoms. The Morgan fingerprint density at radius 2 is 0.841 bits per heavy atom. The third kappa shape index (κ3) is 4.28. The van der Waals surface area contributed by atoms with Crippen LogP contribution in [-0.2, 0) is 0 Å². The molecule has 2 aliphatic heterocycles. The zero-order chi connectivity index (χ0) is 31.8. The van der Waals surface area contributed by atoms with Crippen molar-refractivity contribution in [2.45, 2.75) is 24.4 Å². The van der Waals surface area contributed by atoms with E-state index in [9.17, 15) is 60.7 Å². The van der Waals surface area contributed by atoms with Gasteiger partial charge in [-0.1, -0.05) is 0 Å². The number of hydrogen-bond donors (Lipinski definition) is 10. The molecule has 6 rings (SSSR count). The summed E-state index contributed by atoms with van der Waals surface area (Å²) in [5.41, 5.74) is -1.77. The maximum atomic E-state index is 12.9. The lowest BCUT2D eigenvalue weighted by atomic mass is 9.88. The van der Waals surface area contributed by atoms with Crippen molar-refractivity contribution >= 4 is 11.6 Å². The quantitative estimate of drug-likeness (QED) is 0.150. The number of phenolic OH excluding ortho intramolecular Hbond substituents is 8. The van der Waals surface area contributed by atoms with Gasteiger partial charge in [0.25, 0.3) is 0 Å². The van der Waals surface area contributed by atoms with Gasteiger partial charge in [-0.25, -0.2) is 0 Å². The second-order valence-corrected chi connectivity index (χ2v) is 10.2. The molecule has 0 fully saturated rings. The van der Waals surface area contributed by atoms with Crippen LogP contribution in [0, 0.1) is 0 Å². The van der Waals surface area contributed by atoms with Crippen LogP contribution in [0.2, 0.25) is 0 Å². The summed E-state index contributed by atoms with van der Waals surface area (Å²) in [5, 5.41) is 104. The second-order valence-electron chi connectivity index (χ2n) is 10.2. The molecule has 0 amide bonds. The Morgan fingerprint density at radius 1 is 0.477 bits per heavy atom. The number of rotatable bonds is 3. The molecule has 2 heterocycles. The fourth-order valence-corrected chi connectivity index (χ4v) is 5.35. The molecule has 0 saturated carbocycles. The van der Waals surface area contributed by atoms with Gasteiger partial charge in [0.05, 0.1) is 0 Å². The molecule has 14 nitrogen and oxygen atoms in total. The molecular weight excluding hydrogens is 584 g/mol. The highest BCUT2D eigenvalue weighted by Crippen LogP contribution is 2.50. The van der Waals surface area contributed by atoms with Gasteiger partial charge in [-0.3, -0.25) is 9.59 Å². The third-order valence-corrected chi connectivity index (χ3v) is 7.42. The van der Waals surface area contributed by atoms with Crippen LogP contribution in [0.1, 0.15) is 44.1 Å². The van der Waals surface area contributed by atoms with Crippen LogP contribution >= 0.6 is 0 Å². The van der Waals surface area contributed by atoms with Gasteiger partial charge in [0.1, 0.15) is 45.6 Å². The van der Waals surface area contributed by atoms with Crippen molar-refractivity contribution in [2.24, 2.45) is 0 Å². The molecule has 14 heteroatoms. The van der Waals surface area contributed by atoms with Gasteiger partial charge in [-0.2, -0.15) is 0 Å². The van der Waals surface area contributed by atoms with E-state index in [1.807, 2.05) is 0 Å². The van der Waals surface area contributed by atoms with Gasteiger partial charge in [0.15, 0.2) is 47.4 Å². The fourth-order valence-electron chi connectivity index (χ4n) is 5.35. The van der Waals surface area contributed by atoms with E-state index < -0.39 is 93.1 Å². The lowest BCUT2D eigenvalue weighted by Gasteiger charge is -2.31. The molecule has 0 unspecified atom stereocenters. The first-order valence-electron chi connectivity index (χ1n) is 12.8. The van der Waals surface area contributed by atoms with E-state index >= 15 is 0 Å². The molecule has 4 aromatic carbocycles. The zero-order valence-corrected chi connectivity index (χ0v) is 22.0. The molecule has 4 aromatic rings. The average molecular weight is 606 g/mol. The fraction of sp³-hybridized carbons (Fsp3) is 0.133. The van der Waals surface area contributed by atoms with Crippen molar-refractivity contribution in [2.75, 3.05) is 0 Å². The van der Waals surface area contributed by atoms with E-state index in [1.165, 1.54) is 0 Å². The SMILES string of the molecule is O=C1c2c(O)cc(O)cc2O[C@H](c2cc(O)c(O)c(-c3cc([C@H]4Oc5cc(O)cc(O)c5C(=O)[C@@H]4O)cc(O)c3O)c2)[C@H]1O. The zero-order valence-electron chi connectivity index (χ0n) is 22.0. The molecule has 0 spiro atoms. The van der Waals surface area contributed by atoms with E-state index in [4.69, 9.17) is 9.47 Å². The topological polar surface area (TPSA) is 255 Å². The first-order valence-corrected chi connectivity index (χ1v) is 12.8. The van der Waals surface area contributed by atoms with E-state index in [-0.39, 0.29) is 33.8 Å². The van der Waals surface area contributed by atoms with Crippen LogP contribution in [0.3, 0.4) is 0 Å². The highest BCUT2D eigenvalue weighted by Gasteiger charge is 2.41. The number of ether oxygens (including phenoxy) is 2. The van der Waals surface area contributed by atoms with Crippen LogP contribution in [0.15, 0.2) is 48.5 Å². The van der Waals surface area contributed by atoms with Gasteiger partial charge >= 0.3 is 0 Å². The van der Waals surface area contributed by atoms with Crippen molar-refractivity contribution < 1.29 is 70.1 Å².